The lowest BCUT2D eigenvalue weighted by molar-refractivity contribution is 0.0702. The molecule has 1 aromatic carbocycles. The molecule has 2 aromatic heterocycles. The molecular weight excluding hydrogens is 270 g/mol. The number of carboxylic acids is 1. The number of hydrogen-bond acceptors (Lipinski definition) is 3. The predicted octanol–water partition coefficient (Wildman–Crippen LogP) is 4.18. The Morgan fingerprint density at radius 2 is 1.45 bits per heavy atom. The molecule has 98 valence electrons. The van der Waals surface area contributed by atoms with Gasteiger partial charge in [-0.15, -0.1) is 11.3 Å². The number of hydrogen-bond donors (Lipinski definition) is 1. The number of rotatable bonds is 3. The lowest BCUT2D eigenvalue weighted by Crippen LogP contribution is -1.89. The number of thiophene rings is 1. The minimum absolute atomic E-state index is 0.359. The van der Waals surface area contributed by atoms with Crippen LogP contribution in [0.15, 0.2) is 60.2 Å². The van der Waals surface area contributed by atoms with Crippen LogP contribution < -0.4 is 0 Å². The summed E-state index contributed by atoms with van der Waals surface area (Å²) in [5.41, 5.74) is 4.19. The standard InChI is InChI=1S/C16H11NO2S/c18-16(19)15-9-14(10-20-15)12-3-1-11(2-4-12)13-5-7-17-8-6-13/h1-10H,(H,18,19). The number of benzene rings is 1. The smallest absolute Gasteiger partial charge is 0.345 e. The number of carboxylic acid groups (broad SMARTS) is 1. The van der Waals surface area contributed by atoms with Crippen molar-refractivity contribution in [2.75, 3.05) is 0 Å². The molecule has 0 aliphatic carbocycles. The number of nitrogens with zero attached hydrogens (tertiary/aromatic N) is 1. The summed E-state index contributed by atoms with van der Waals surface area (Å²) in [7, 11) is 0. The molecule has 20 heavy (non-hydrogen) atoms. The van der Waals surface area contributed by atoms with Crippen molar-refractivity contribution in [1.82, 2.24) is 4.98 Å². The first-order valence-corrected chi connectivity index (χ1v) is 6.95. The van der Waals surface area contributed by atoms with E-state index in [1.54, 1.807) is 18.5 Å². The molecule has 1 N–H and O–H groups in total. The zero-order valence-electron chi connectivity index (χ0n) is 10.5. The van der Waals surface area contributed by atoms with Crippen molar-refractivity contribution in [3.63, 3.8) is 0 Å². The molecule has 0 spiro atoms. The molecule has 0 aliphatic heterocycles. The molecule has 0 saturated carbocycles. The summed E-state index contributed by atoms with van der Waals surface area (Å²) in [6.45, 7) is 0. The van der Waals surface area contributed by atoms with Gasteiger partial charge in [-0.05, 0) is 45.8 Å². The third kappa shape index (κ3) is 2.46. The molecule has 2 heterocycles. The number of pyridine rings is 1. The van der Waals surface area contributed by atoms with E-state index in [9.17, 15) is 4.79 Å². The molecule has 0 aliphatic rings. The van der Waals surface area contributed by atoms with Crippen molar-refractivity contribution < 1.29 is 9.90 Å². The van der Waals surface area contributed by atoms with Crippen LogP contribution in [0.25, 0.3) is 22.3 Å². The van der Waals surface area contributed by atoms with E-state index in [1.165, 1.54) is 11.3 Å². The Kier molecular flexibility index (Phi) is 3.31. The Morgan fingerprint density at radius 1 is 0.900 bits per heavy atom. The van der Waals surface area contributed by atoms with Crippen LogP contribution >= 0.6 is 11.3 Å². The van der Waals surface area contributed by atoms with Crippen LogP contribution in [0.3, 0.4) is 0 Å². The van der Waals surface area contributed by atoms with Crippen molar-refractivity contribution in [2.24, 2.45) is 0 Å². The van der Waals surface area contributed by atoms with Crippen molar-refractivity contribution in [3.8, 4) is 22.3 Å². The van der Waals surface area contributed by atoms with Crippen molar-refractivity contribution in [1.29, 1.82) is 0 Å². The second-order valence-corrected chi connectivity index (χ2v) is 5.23. The van der Waals surface area contributed by atoms with Gasteiger partial charge in [0.05, 0.1) is 0 Å². The van der Waals surface area contributed by atoms with E-state index in [1.807, 2.05) is 41.8 Å². The van der Waals surface area contributed by atoms with Gasteiger partial charge in [-0.2, -0.15) is 0 Å². The normalized spacial score (nSPS) is 10.4. The van der Waals surface area contributed by atoms with Crippen LogP contribution in [0.5, 0.6) is 0 Å². The summed E-state index contributed by atoms with van der Waals surface area (Å²) in [5.74, 6) is -0.880. The van der Waals surface area contributed by atoms with Gasteiger partial charge in [0.25, 0.3) is 0 Å². The van der Waals surface area contributed by atoms with E-state index in [2.05, 4.69) is 4.98 Å². The number of aromatic carboxylic acids is 1. The molecule has 3 rings (SSSR count). The third-order valence-corrected chi connectivity index (χ3v) is 3.96. The van der Waals surface area contributed by atoms with Crippen molar-refractivity contribution >= 4 is 17.3 Å². The topological polar surface area (TPSA) is 50.2 Å². The Balaban J connectivity index is 1.91. The lowest BCUT2D eigenvalue weighted by Gasteiger charge is -2.03. The summed E-state index contributed by atoms with van der Waals surface area (Å²) in [6, 6.07) is 13.7. The van der Waals surface area contributed by atoms with Crippen LogP contribution in [0.4, 0.5) is 0 Å². The average Bonchev–Trinajstić information content (AvgIpc) is 2.98. The van der Waals surface area contributed by atoms with Crippen LogP contribution in [0.2, 0.25) is 0 Å². The van der Waals surface area contributed by atoms with Gasteiger partial charge in [-0.1, -0.05) is 24.3 Å². The number of aromatic nitrogens is 1. The SMILES string of the molecule is O=C(O)c1cc(-c2ccc(-c3ccncc3)cc2)cs1. The summed E-state index contributed by atoms with van der Waals surface area (Å²) in [5, 5.41) is 10.8. The summed E-state index contributed by atoms with van der Waals surface area (Å²) < 4.78 is 0. The fourth-order valence-corrected chi connectivity index (χ4v) is 2.75. The highest BCUT2D eigenvalue weighted by Gasteiger charge is 2.08. The monoisotopic (exact) mass is 281 g/mol. The van der Waals surface area contributed by atoms with E-state index < -0.39 is 5.97 Å². The molecular formula is C16H11NO2S. The van der Waals surface area contributed by atoms with E-state index in [0.717, 1.165) is 22.3 Å². The highest BCUT2D eigenvalue weighted by atomic mass is 32.1. The second kappa shape index (κ2) is 5.27. The Hall–Kier alpha value is -2.46. The van der Waals surface area contributed by atoms with Crippen LogP contribution in [0.1, 0.15) is 9.67 Å². The van der Waals surface area contributed by atoms with E-state index in [-0.39, 0.29) is 0 Å². The summed E-state index contributed by atoms with van der Waals surface area (Å²) >= 11 is 1.25. The van der Waals surface area contributed by atoms with Gasteiger partial charge in [-0.3, -0.25) is 4.98 Å². The van der Waals surface area contributed by atoms with Gasteiger partial charge in [0.2, 0.25) is 0 Å². The minimum Gasteiger partial charge on any atom is -0.477 e. The summed E-state index contributed by atoms with van der Waals surface area (Å²) in [6.07, 6.45) is 3.53. The zero-order chi connectivity index (χ0) is 13.9. The molecule has 0 amide bonds. The van der Waals surface area contributed by atoms with Gasteiger partial charge in [0.15, 0.2) is 0 Å². The molecule has 0 unspecified atom stereocenters. The zero-order valence-corrected chi connectivity index (χ0v) is 11.3. The molecule has 0 bridgehead atoms. The van der Waals surface area contributed by atoms with Crippen LogP contribution in [-0.2, 0) is 0 Å². The molecule has 0 atom stereocenters. The molecule has 3 aromatic rings. The van der Waals surface area contributed by atoms with Crippen LogP contribution in [0, 0.1) is 0 Å². The molecule has 0 saturated heterocycles. The summed E-state index contributed by atoms with van der Waals surface area (Å²) in [4.78, 5) is 15.2. The first-order valence-electron chi connectivity index (χ1n) is 6.07. The average molecular weight is 281 g/mol. The van der Waals surface area contributed by atoms with E-state index in [4.69, 9.17) is 5.11 Å². The Morgan fingerprint density at radius 3 is 2.00 bits per heavy atom. The van der Waals surface area contributed by atoms with Gasteiger partial charge in [-0.25, -0.2) is 4.79 Å². The predicted molar refractivity (Wildman–Crippen MR) is 79.9 cm³/mol. The highest BCUT2D eigenvalue weighted by Crippen LogP contribution is 2.28. The first kappa shape index (κ1) is 12.6. The quantitative estimate of drug-likeness (QED) is 0.783. The molecule has 4 heteroatoms. The fourth-order valence-electron chi connectivity index (χ4n) is 2.00. The maximum atomic E-state index is 10.9. The molecule has 3 nitrogen and oxygen atoms in total. The highest BCUT2D eigenvalue weighted by molar-refractivity contribution is 7.12. The van der Waals surface area contributed by atoms with Crippen molar-refractivity contribution in [2.45, 2.75) is 0 Å². The Labute approximate surface area is 120 Å². The van der Waals surface area contributed by atoms with Gasteiger partial charge >= 0.3 is 5.97 Å². The van der Waals surface area contributed by atoms with E-state index in [0.29, 0.717) is 4.88 Å². The Bertz CT molecular complexity index is 733. The first-order chi connectivity index (χ1) is 9.74. The third-order valence-electron chi connectivity index (χ3n) is 3.04. The van der Waals surface area contributed by atoms with E-state index >= 15 is 0 Å². The molecule has 0 fully saturated rings. The van der Waals surface area contributed by atoms with Gasteiger partial charge in [0.1, 0.15) is 4.88 Å². The van der Waals surface area contributed by atoms with Crippen LogP contribution in [-0.4, -0.2) is 16.1 Å². The molecule has 0 radical (unpaired) electrons. The maximum Gasteiger partial charge on any atom is 0.345 e. The lowest BCUT2D eigenvalue weighted by atomic mass is 10.0. The fraction of sp³-hybridized carbons (Fsp3) is 0. The number of carbonyl (C=O) groups is 1. The largest absolute Gasteiger partial charge is 0.477 e. The minimum atomic E-state index is -0.880. The second-order valence-electron chi connectivity index (χ2n) is 4.32. The van der Waals surface area contributed by atoms with Crippen molar-refractivity contribution in [3.05, 3.63) is 65.1 Å². The van der Waals surface area contributed by atoms with Gasteiger partial charge < -0.3 is 5.11 Å². The van der Waals surface area contributed by atoms with Gasteiger partial charge in [0, 0.05) is 12.4 Å². The maximum absolute atomic E-state index is 10.9.